The molecule has 1 unspecified atom stereocenters. The maximum atomic E-state index is 12.0. The van der Waals surface area contributed by atoms with Crippen LogP contribution in [0.5, 0.6) is 0 Å². The van der Waals surface area contributed by atoms with Crippen molar-refractivity contribution in [3.8, 4) is 0 Å². The van der Waals surface area contributed by atoms with E-state index < -0.39 is 10.0 Å². The van der Waals surface area contributed by atoms with Crippen molar-refractivity contribution in [3.05, 3.63) is 65.2 Å². The highest BCUT2D eigenvalue weighted by molar-refractivity contribution is 7.89. The molecule has 3 N–H and O–H groups in total. The van der Waals surface area contributed by atoms with Crippen LogP contribution in [-0.2, 0) is 16.6 Å². The number of guanidine groups is 1. The minimum atomic E-state index is -3.45. The molecular weight excluding hydrogens is 372 g/mol. The van der Waals surface area contributed by atoms with Crippen LogP contribution in [0.15, 0.2) is 58.4 Å². The van der Waals surface area contributed by atoms with Crippen LogP contribution >= 0.6 is 0 Å². The number of aryl methyl sites for hydroxylation is 1. The number of aliphatic imine (C=N–C) groups is 1. The average molecular weight is 403 g/mol. The van der Waals surface area contributed by atoms with Crippen molar-refractivity contribution in [1.82, 2.24) is 15.4 Å². The van der Waals surface area contributed by atoms with Crippen LogP contribution in [0, 0.1) is 6.92 Å². The highest BCUT2D eigenvalue weighted by atomic mass is 32.2. The van der Waals surface area contributed by atoms with E-state index in [9.17, 15) is 8.42 Å². The highest BCUT2D eigenvalue weighted by Crippen LogP contribution is 2.15. The van der Waals surface area contributed by atoms with Gasteiger partial charge >= 0.3 is 0 Å². The molecule has 0 heterocycles. The van der Waals surface area contributed by atoms with E-state index in [1.807, 2.05) is 13.0 Å². The molecule has 0 bridgehead atoms. The summed E-state index contributed by atoms with van der Waals surface area (Å²) in [4.78, 5) is 4.84. The van der Waals surface area contributed by atoms with E-state index in [0.29, 0.717) is 18.4 Å². The van der Waals surface area contributed by atoms with Gasteiger partial charge in [0, 0.05) is 13.1 Å². The number of hydrogen-bond acceptors (Lipinski definition) is 3. The minimum Gasteiger partial charge on any atom is -0.357 e. The lowest BCUT2D eigenvalue weighted by Gasteiger charge is -2.16. The molecule has 0 radical (unpaired) electrons. The van der Waals surface area contributed by atoms with Crippen LogP contribution < -0.4 is 15.4 Å². The van der Waals surface area contributed by atoms with Crippen molar-refractivity contribution in [3.63, 3.8) is 0 Å². The predicted octanol–water partition coefficient (Wildman–Crippen LogP) is 2.76. The smallest absolute Gasteiger partial charge is 0.240 e. The van der Waals surface area contributed by atoms with E-state index in [0.717, 1.165) is 18.7 Å². The van der Waals surface area contributed by atoms with Gasteiger partial charge in [-0.1, -0.05) is 48.9 Å². The Bertz CT molecular complexity index is 893. The van der Waals surface area contributed by atoms with Crippen molar-refractivity contribution < 1.29 is 8.42 Å². The SMILES string of the molecule is CCNC(=NCc1cccc(S(=O)(=O)NC)c1)NCC(C)c1ccc(C)cc1. The summed E-state index contributed by atoms with van der Waals surface area (Å²) < 4.78 is 26.2. The highest BCUT2D eigenvalue weighted by Gasteiger charge is 2.11. The Hall–Kier alpha value is -2.38. The lowest BCUT2D eigenvalue weighted by molar-refractivity contribution is 0.588. The zero-order valence-corrected chi connectivity index (χ0v) is 17.8. The second kappa shape index (κ2) is 10.2. The first-order valence-corrected chi connectivity index (χ1v) is 10.9. The van der Waals surface area contributed by atoms with E-state index in [1.54, 1.807) is 18.2 Å². The number of hydrogen-bond donors (Lipinski definition) is 3. The van der Waals surface area contributed by atoms with Crippen molar-refractivity contribution >= 4 is 16.0 Å². The molecule has 152 valence electrons. The van der Waals surface area contributed by atoms with Gasteiger partial charge in [-0.2, -0.15) is 0 Å². The van der Waals surface area contributed by atoms with Gasteiger partial charge in [-0.15, -0.1) is 0 Å². The molecule has 6 nitrogen and oxygen atoms in total. The zero-order valence-electron chi connectivity index (χ0n) is 17.0. The monoisotopic (exact) mass is 402 g/mol. The predicted molar refractivity (Wildman–Crippen MR) is 115 cm³/mol. The molecule has 1 atom stereocenters. The van der Waals surface area contributed by atoms with Gasteiger partial charge in [0.2, 0.25) is 10.0 Å². The number of nitrogens with zero attached hydrogens (tertiary/aromatic N) is 1. The second-order valence-corrected chi connectivity index (χ2v) is 8.63. The summed E-state index contributed by atoms with van der Waals surface area (Å²) in [6, 6.07) is 15.4. The maximum absolute atomic E-state index is 12.0. The van der Waals surface area contributed by atoms with Crippen LogP contribution in [0.25, 0.3) is 0 Å². The fraction of sp³-hybridized carbons (Fsp3) is 0.381. The van der Waals surface area contributed by atoms with Gasteiger partial charge in [0.1, 0.15) is 0 Å². The third-order valence-electron chi connectivity index (χ3n) is 4.46. The van der Waals surface area contributed by atoms with Gasteiger partial charge in [0.15, 0.2) is 5.96 Å². The molecule has 0 aliphatic rings. The molecule has 0 amide bonds. The number of benzene rings is 2. The molecule has 0 spiro atoms. The molecule has 0 saturated heterocycles. The molecule has 2 rings (SSSR count). The van der Waals surface area contributed by atoms with E-state index in [-0.39, 0.29) is 4.90 Å². The van der Waals surface area contributed by atoms with Crippen LogP contribution in [0.2, 0.25) is 0 Å². The largest absolute Gasteiger partial charge is 0.357 e. The normalized spacial score (nSPS) is 13.2. The molecule has 0 aliphatic carbocycles. The summed E-state index contributed by atoms with van der Waals surface area (Å²) in [7, 11) is -2.05. The molecule has 0 aliphatic heterocycles. The molecule has 28 heavy (non-hydrogen) atoms. The summed E-state index contributed by atoms with van der Waals surface area (Å²) in [5, 5.41) is 6.60. The van der Waals surface area contributed by atoms with Crippen LogP contribution in [0.4, 0.5) is 0 Å². The molecular formula is C21H30N4O2S. The quantitative estimate of drug-likeness (QED) is 0.468. The Morgan fingerprint density at radius 3 is 2.46 bits per heavy atom. The number of rotatable bonds is 8. The third-order valence-corrected chi connectivity index (χ3v) is 5.88. The van der Waals surface area contributed by atoms with Gasteiger partial charge in [-0.3, -0.25) is 0 Å². The van der Waals surface area contributed by atoms with Gasteiger partial charge in [-0.25, -0.2) is 18.1 Å². The first-order chi connectivity index (χ1) is 13.4. The van der Waals surface area contributed by atoms with E-state index in [4.69, 9.17) is 0 Å². The first-order valence-electron chi connectivity index (χ1n) is 9.47. The summed E-state index contributed by atoms with van der Waals surface area (Å²) in [6.07, 6.45) is 0. The fourth-order valence-electron chi connectivity index (χ4n) is 2.70. The summed E-state index contributed by atoms with van der Waals surface area (Å²) in [5.41, 5.74) is 3.36. The van der Waals surface area contributed by atoms with Crippen molar-refractivity contribution in [2.75, 3.05) is 20.1 Å². The van der Waals surface area contributed by atoms with Crippen LogP contribution in [-0.4, -0.2) is 34.5 Å². The van der Waals surface area contributed by atoms with Crippen molar-refractivity contribution in [2.45, 2.75) is 38.1 Å². The molecule has 2 aromatic carbocycles. The molecule has 0 saturated carbocycles. The number of nitrogens with one attached hydrogen (secondary N) is 3. The van der Waals surface area contributed by atoms with Gasteiger partial charge in [0.25, 0.3) is 0 Å². The van der Waals surface area contributed by atoms with E-state index in [2.05, 4.69) is 58.5 Å². The van der Waals surface area contributed by atoms with E-state index in [1.165, 1.54) is 18.2 Å². The Kier molecular flexibility index (Phi) is 8.02. The second-order valence-electron chi connectivity index (χ2n) is 6.74. The lowest BCUT2D eigenvalue weighted by Crippen LogP contribution is -2.39. The Morgan fingerprint density at radius 1 is 1.11 bits per heavy atom. The van der Waals surface area contributed by atoms with Gasteiger partial charge in [-0.05, 0) is 50.1 Å². The first kappa shape index (κ1) is 21.9. The Morgan fingerprint density at radius 2 is 1.82 bits per heavy atom. The summed E-state index contributed by atoms with van der Waals surface area (Å²) in [5.74, 6) is 1.05. The van der Waals surface area contributed by atoms with E-state index >= 15 is 0 Å². The number of sulfonamides is 1. The van der Waals surface area contributed by atoms with Gasteiger partial charge in [0.05, 0.1) is 11.4 Å². The topological polar surface area (TPSA) is 82.6 Å². The van der Waals surface area contributed by atoms with Crippen molar-refractivity contribution in [2.24, 2.45) is 4.99 Å². The molecule has 7 heteroatoms. The molecule has 0 aromatic heterocycles. The fourth-order valence-corrected chi connectivity index (χ4v) is 3.50. The maximum Gasteiger partial charge on any atom is 0.240 e. The lowest BCUT2D eigenvalue weighted by atomic mass is 10.0. The third kappa shape index (κ3) is 6.35. The summed E-state index contributed by atoms with van der Waals surface area (Å²) >= 11 is 0. The van der Waals surface area contributed by atoms with Crippen LogP contribution in [0.1, 0.15) is 36.5 Å². The van der Waals surface area contributed by atoms with Crippen molar-refractivity contribution in [1.29, 1.82) is 0 Å². The Labute approximate surface area is 168 Å². The standard InChI is InChI=1S/C21H30N4O2S/c1-5-23-21(24-14-17(3)19-11-9-16(2)10-12-19)25-15-18-7-6-8-20(13-18)28(26,27)22-4/h6-13,17,22H,5,14-15H2,1-4H3,(H2,23,24,25). The molecule has 0 fully saturated rings. The zero-order chi connectivity index (χ0) is 20.6. The summed E-state index contributed by atoms with van der Waals surface area (Å²) in [6.45, 7) is 8.16. The van der Waals surface area contributed by atoms with Gasteiger partial charge < -0.3 is 10.6 Å². The average Bonchev–Trinajstić information content (AvgIpc) is 2.70. The molecule has 2 aromatic rings. The Balaban J connectivity index is 2.04. The minimum absolute atomic E-state index is 0.244. The van der Waals surface area contributed by atoms with Crippen LogP contribution in [0.3, 0.4) is 0 Å².